The van der Waals surface area contributed by atoms with Gasteiger partial charge in [-0.25, -0.2) is 4.98 Å². The molecular weight excluding hydrogens is 284 g/mol. The lowest BCUT2D eigenvalue weighted by Gasteiger charge is -2.05. The standard InChI is InChI=1S/C20H12N2O/c1-11-8-12-4-2-3-5-13(12)20-21-16-9-14-15(10-17(16)22(11)20)19-7-6-18(14)23-19/h2-10H,1H3. The molecule has 0 atom stereocenters. The van der Waals surface area contributed by atoms with Crippen LogP contribution in [0.4, 0.5) is 0 Å². The predicted molar refractivity (Wildman–Crippen MR) is 93.4 cm³/mol. The molecule has 0 saturated carbocycles. The van der Waals surface area contributed by atoms with Crippen LogP contribution in [0.5, 0.6) is 0 Å². The minimum Gasteiger partial charge on any atom is -0.456 e. The lowest BCUT2D eigenvalue weighted by molar-refractivity contribution is 0.679. The fourth-order valence-corrected chi connectivity index (χ4v) is 3.81. The van der Waals surface area contributed by atoms with Crippen molar-refractivity contribution in [1.29, 1.82) is 0 Å². The van der Waals surface area contributed by atoms with E-state index in [4.69, 9.17) is 9.40 Å². The number of hydrogen-bond acceptors (Lipinski definition) is 2. The molecule has 0 spiro atoms. The van der Waals surface area contributed by atoms with Gasteiger partial charge in [0.25, 0.3) is 0 Å². The third kappa shape index (κ3) is 1.29. The molecule has 0 N–H and O–H groups in total. The second kappa shape index (κ2) is 3.63. The summed E-state index contributed by atoms with van der Waals surface area (Å²) >= 11 is 0. The number of rotatable bonds is 0. The summed E-state index contributed by atoms with van der Waals surface area (Å²) in [6, 6.07) is 19.1. The Morgan fingerprint density at radius 2 is 1.65 bits per heavy atom. The van der Waals surface area contributed by atoms with Gasteiger partial charge in [-0.2, -0.15) is 0 Å². The summed E-state index contributed by atoms with van der Waals surface area (Å²) in [5.74, 6) is 0. The zero-order valence-electron chi connectivity index (χ0n) is 12.5. The first-order chi connectivity index (χ1) is 11.3. The van der Waals surface area contributed by atoms with Crippen molar-refractivity contribution >= 4 is 49.4 Å². The van der Waals surface area contributed by atoms with Crippen LogP contribution in [0.1, 0.15) is 5.69 Å². The third-order valence-corrected chi connectivity index (χ3v) is 4.85. The van der Waals surface area contributed by atoms with E-state index in [2.05, 4.69) is 53.8 Å². The highest BCUT2D eigenvalue weighted by atomic mass is 16.3. The quantitative estimate of drug-likeness (QED) is 0.381. The Labute approximate surface area is 131 Å². The molecule has 0 radical (unpaired) electrons. The monoisotopic (exact) mass is 296 g/mol. The van der Waals surface area contributed by atoms with Crippen molar-refractivity contribution in [2.45, 2.75) is 6.92 Å². The summed E-state index contributed by atoms with van der Waals surface area (Å²) < 4.78 is 8.03. The average molecular weight is 296 g/mol. The second-order valence-electron chi connectivity index (χ2n) is 6.19. The number of nitrogens with zero attached hydrogens (tertiary/aromatic N) is 2. The van der Waals surface area contributed by atoms with Gasteiger partial charge in [0.05, 0.1) is 11.0 Å². The number of benzene rings is 3. The molecule has 0 unspecified atom stereocenters. The summed E-state index contributed by atoms with van der Waals surface area (Å²) in [5, 5.41) is 4.74. The molecule has 0 aliphatic rings. The van der Waals surface area contributed by atoms with Crippen LogP contribution in [-0.4, -0.2) is 9.38 Å². The maximum atomic E-state index is 5.78. The predicted octanol–water partition coefficient (Wildman–Crippen LogP) is 5.29. The molecular formula is C20H12N2O. The molecule has 6 aromatic rings. The highest BCUT2D eigenvalue weighted by Crippen LogP contribution is 2.35. The molecule has 0 fully saturated rings. The van der Waals surface area contributed by atoms with Crippen LogP contribution in [0.25, 0.3) is 49.4 Å². The Morgan fingerprint density at radius 3 is 2.52 bits per heavy atom. The summed E-state index contributed by atoms with van der Waals surface area (Å²) in [7, 11) is 0. The summed E-state index contributed by atoms with van der Waals surface area (Å²) in [4.78, 5) is 4.93. The lowest BCUT2D eigenvalue weighted by Crippen LogP contribution is -1.92. The topological polar surface area (TPSA) is 30.4 Å². The van der Waals surface area contributed by atoms with E-state index >= 15 is 0 Å². The number of pyridine rings is 1. The van der Waals surface area contributed by atoms with E-state index < -0.39 is 0 Å². The average Bonchev–Trinajstić information content (AvgIpc) is 3.26. The summed E-state index contributed by atoms with van der Waals surface area (Å²) in [6.45, 7) is 2.14. The number of aryl methyl sites for hydroxylation is 1. The van der Waals surface area contributed by atoms with Crippen molar-refractivity contribution in [3.05, 3.63) is 60.3 Å². The normalized spacial score (nSPS) is 12.6. The minimum atomic E-state index is 0.940. The van der Waals surface area contributed by atoms with Crippen LogP contribution in [0.3, 0.4) is 0 Å². The Morgan fingerprint density at radius 1 is 0.870 bits per heavy atom. The highest BCUT2D eigenvalue weighted by molar-refractivity contribution is 6.12. The van der Waals surface area contributed by atoms with Crippen molar-refractivity contribution < 1.29 is 4.42 Å². The van der Waals surface area contributed by atoms with E-state index in [1.54, 1.807) is 0 Å². The smallest absolute Gasteiger partial charge is 0.146 e. The maximum Gasteiger partial charge on any atom is 0.146 e. The third-order valence-electron chi connectivity index (χ3n) is 4.85. The van der Waals surface area contributed by atoms with Crippen molar-refractivity contribution in [1.82, 2.24) is 9.38 Å². The molecule has 3 nitrogen and oxygen atoms in total. The van der Waals surface area contributed by atoms with Crippen LogP contribution in [0.2, 0.25) is 0 Å². The van der Waals surface area contributed by atoms with Crippen LogP contribution in [0, 0.1) is 6.92 Å². The van der Waals surface area contributed by atoms with E-state index in [-0.39, 0.29) is 0 Å². The van der Waals surface area contributed by atoms with Crippen molar-refractivity contribution in [2.75, 3.05) is 0 Å². The van der Waals surface area contributed by atoms with Gasteiger partial charge in [0.1, 0.15) is 16.8 Å². The van der Waals surface area contributed by atoms with E-state index in [1.807, 2.05) is 12.1 Å². The first kappa shape index (κ1) is 11.5. The molecule has 4 heterocycles. The number of furan rings is 2. The number of imidazole rings is 1. The molecule has 0 aliphatic heterocycles. The van der Waals surface area contributed by atoms with Gasteiger partial charge in [0.15, 0.2) is 0 Å². The molecule has 4 aromatic heterocycles. The van der Waals surface area contributed by atoms with E-state index in [0.29, 0.717) is 0 Å². The van der Waals surface area contributed by atoms with Gasteiger partial charge in [-0.15, -0.1) is 0 Å². The van der Waals surface area contributed by atoms with E-state index in [9.17, 15) is 0 Å². The Kier molecular flexibility index (Phi) is 1.81. The van der Waals surface area contributed by atoms with Gasteiger partial charge in [-0.3, -0.25) is 4.40 Å². The lowest BCUT2D eigenvalue weighted by atomic mass is 10.1. The van der Waals surface area contributed by atoms with Gasteiger partial charge in [0, 0.05) is 21.9 Å². The SMILES string of the molecule is Cc1cc2ccccc2c2nc3cc4c5ccc(o5)c4cc3n12. The van der Waals surface area contributed by atoms with Crippen molar-refractivity contribution in [2.24, 2.45) is 0 Å². The largest absolute Gasteiger partial charge is 0.456 e. The van der Waals surface area contributed by atoms with Crippen LogP contribution in [-0.2, 0) is 0 Å². The van der Waals surface area contributed by atoms with E-state index in [0.717, 1.165) is 33.2 Å². The van der Waals surface area contributed by atoms with Gasteiger partial charge in [-0.1, -0.05) is 24.3 Å². The molecule has 2 bridgehead atoms. The molecule has 0 aliphatic carbocycles. The number of fused-ring (bicyclic) bond motifs is 10. The van der Waals surface area contributed by atoms with Crippen LogP contribution >= 0.6 is 0 Å². The number of hydrogen-bond donors (Lipinski definition) is 0. The van der Waals surface area contributed by atoms with Crippen LogP contribution < -0.4 is 0 Å². The number of aromatic nitrogens is 2. The van der Waals surface area contributed by atoms with Gasteiger partial charge in [-0.05, 0) is 42.6 Å². The van der Waals surface area contributed by atoms with Gasteiger partial charge in [0.2, 0.25) is 0 Å². The van der Waals surface area contributed by atoms with Crippen molar-refractivity contribution in [3.8, 4) is 0 Å². The molecule has 0 amide bonds. The summed E-state index contributed by atoms with van der Waals surface area (Å²) in [6.07, 6.45) is 0. The zero-order chi connectivity index (χ0) is 15.1. The van der Waals surface area contributed by atoms with Gasteiger partial charge < -0.3 is 4.42 Å². The Balaban J connectivity index is 1.92. The fourth-order valence-electron chi connectivity index (χ4n) is 3.81. The fraction of sp³-hybridized carbons (Fsp3) is 0.0500. The molecule has 3 heteroatoms. The minimum absolute atomic E-state index is 0.940. The Bertz CT molecular complexity index is 1370. The van der Waals surface area contributed by atoms with E-state index in [1.165, 1.54) is 21.9 Å². The first-order valence-electron chi connectivity index (χ1n) is 7.75. The van der Waals surface area contributed by atoms with Gasteiger partial charge >= 0.3 is 0 Å². The second-order valence-corrected chi connectivity index (χ2v) is 6.19. The van der Waals surface area contributed by atoms with Crippen LogP contribution in [0.15, 0.2) is 59.0 Å². The van der Waals surface area contributed by atoms with Crippen molar-refractivity contribution in [3.63, 3.8) is 0 Å². The molecule has 108 valence electrons. The molecule has 2 aromatic carbocycles. The maximum absolute atomic E-state index is 5.78. The molecule has 23 heavy (non-hydrogen) atoms. The summed E-state index contributed by atoms with van der Waals surface area (Å²) in [5.41, 5.74) is 6.26. The zero-order valence-corrected chi connectivity index (χ0v) is 12.5. The Hall–Kier alpha value is -3.07. The molecule has 6 rings (SSSR count). The highest BCUT2D eigenvalue weighted by Gasteiger charge is 2.15. The first-order valence-corrected chi connectivity index (χ1v) is 7.75. The molecule has 0 saturated heterocycles.